The minimum atomic E-state index is -0.454. The van der Waals surface area contributed by atoms with E-state index in [1.165, 1.54) is 12.1 Å². The van der Waals surface area contributed by atoms with Crippen LogP contribution in [0, 0.1) is 10.1 Å². The highest BCUT2D eigenvalue weighted by atomic mass is 16.6. The number of nitro benzene ring substituents is 1. The highest BCUT2D eigenvalue weighted by Gasteiger charge is 2.13. The van der Waals surface area contributed by atoms with Gasteiger partial charge in [0.15, 0.2) is 0 Å². The quantitative estimate of drug-likeness (QED) is 0.321. The van der Waals surface area contributed by atoms with E-state index < -0.39 is 4.92 Å². The fourth-order valence-corrected chi connectivity index (χ4v) is 1.90. The van der Waals surface area contributed by atoms with Crippen LogP contribution in [0.25, 0.3) is 0 Å². The molecule has 20 heavy (non-hydrogen) atoms. The largest absolute Gasteiger partial charge is 0.397 e. The molecular weight excluding hydrogens is 262 g/mol. The van der Waals surface area contributed by atoms with Crippen molar-refractivity contribution in [2.45, 2.75) is 6.42 Å². The minimum absolute atomic E-state index is 0.00478. The predicted molar refractivity (Wildman–Crippen MR) is 78.1 cm³/mol. The number of hydrogen-bond acceptors (Lipinski definition) is 6. The number of nitrogens with two attached hydrogens (primary N) is 1. The summed E-state index contributed by atoms with van der Waals surface area (Å²) in [5.74, 6) is 0. The zero-order chi connectivity index (χ0) is 15.0. The van der Waals surface area contributed by atoms with Crippen molar-refractivity contribution in [2.75, 3.05) is 51.2 Å². The number of anilines is 2. The Morgan fingerprint density at radius 1 is 1.25 bits per heavy atom. The summed E-state index contributed by atoms with van der Waals surface area (Å²) < 4.78 is 10.1. The molecule has 7 nitrogen and oxygen atoms in total. The van der Waals surface area contributed by atoms with Crippen molar-refractivity contribution in [3.05, 3.63) is 28.3 Å². The lowest BCUT2D eigenvalue weighted by atomic mass is 10.2. The van der Waals surface area contributed by atoms with Crippen molar-refractivity contribution in [3.8, 4) is 0 Å². The normalized spacial score (nSPS) is 10.5. The van der Waals surface area contributed by atoms with E-state index in [1.54, 1.807) is 20.3 Å². The number of rotatable bonds is 9. The Balaban J connectivity index is 2.85. The van der Waals surface area contributed by atoms with Gasteiger partial charge >= 0.3 is 0 Å². The predicted octanol–water partition coefficient (Wildman–Crippen LogP) is 1.67. The molecule has 112 valence electrons. The van der Waals surface area contributed by atoms with Gasteiger partial charge in [-0.2, -0.15) is 0 Å². The van der Waals surface area contributed by atoms with E-state index in [0.717, 1.165) is 18.7 Å². The summed E-state index contributed by atoms with van der Waals surface area (Å²) in [6.45, 7) is 2.63. The van der Waals surface area contributed by atoms with Gasteiger partial charge in [-0.05, 0) is 12.5 Å². The van der Waals surface area contributed by atoms with Gasteiger partial charge in [0.05, 0.1) is 22.9 Å². The molecule has 7 heteroatoms. The average molecular weight is 283 g/mol. The smallest absolute Gasteiger partial charge is 0.271 e. The van der Waals surface area contributed by atoms with Crippen LogP contribution in [0.4, 0.5) is 17.1 Å². The van der Waals surface area contributed by atoms with E-state index in [0.29, 0.717) is 25.4 Å². The Labute approximate surface area is 118 Å². The van der Waals surface area contributed by atoms with Crippen LogP contribution in [-0.4, -0.2) is 45.4 Å². The first kappa shape index (κ1) is 16.2. The Hall–Kier alpha value is -1.86. The summed E-state index contributed by atoms with van der Waals surface area (Å²) in [5, 5.41) is 10.7. The van der Waals surface area contributed by atoms with Gasteiger partial charge < -0.3 is 20.1 Å². The van der Waals surface area contributed by atoms with Gasteiger partial charge in [0.1, 0.15) is 0 Å². The Morgan fingerprint density at radius 2 is 1.95 bits per heavy atom. The molecule has 0 aliphatic rings. The first-order valence-corrected chi connectivity index (χ1v) is 6.37. The van der Waals surface area contributed by atoms with Crippen molar-refractivity contribution >= 4 is 17.1 Å². The molecule has 0 atom stereocenters. The minimum Gasteiger partial charge on any atom is -0.397 e. The second kappa shape index (κ2) is 8.34. The van der Waals surface area contributed by atoms with E-state index in [9.17, 15) is 10.1 Å². The van der Waals surface area contributed by atoms with Crippen molar-refractivity contribution in [2.24, 2.45) is 0 Å². The third kappa shape index (κ3) is 4.67. The highest BCUT2D eigenvalue weighted by Crippen LogP contribution is 2.27. The summed E-state index contributed by atoms with van der Waals surface area (Å²) in [6, 6.07) is 4.52. The lowest BCUT2D eigenvalue weighted by molar-refractivity contribution is -0.384. The lowest BCUT2D eigenvalue weighted by Gasteiger charge is -2.25. The molecule has 0 aliphatic carbocycles. The number of benzene rings is 1. The second-order valence-electron chi connectivity index (χ2n) is 4.33. The Morgan fingerprint density at radius 3 is 2.50 bits per heavy atom. The Kier molecular flexibility index (Phi) is 6.75. The topological polar surface area (TPSA) is 90.9 Å². The number of methoxy groups -OCH3 is 2. The molecule has 0 aliphatic heterocycles. The molecule has 1 rings (SSSR count). The summed E-state index contributed by atoms with van der Waals surface area (Å²) in [6.07, 6.45) is 0.844. The molecule has 1 aromatic rings. The van der Waals surface area contributed by atoms with Crippen molar-refractivity contribution in [1.82, 2.24) is 0 Å². The average Bonchev–Trinajstić information content (AvgIpc) is 2.43. The van der Waals surface area contributed by atoms with Crippen LogP contribution in [0.5, 0.6) is 0 Å². The highest BCUT2D eigenvalue weighted by molar-refractivity contribution is 5.70. The zero-order valence-electron chi connectivity index (χ0n) is 11.9. The van der Waals surface area contributed by atoms with E-state index in [1.807, 2.05) is 4.90 Å². The van der Waals surface area contributed by atoms with Crippen LogP contribution < -0.4 is 10.6 Å². The molecule has 0 bridgehead atoms. The van der Waals surface area contributed by atoms with Crippen molar-refractivity contribution in [3.63, 3.8) is 0 Å². The van der Waals surface area contributed by atoms with Crippen LogP contribution in [-0.2, 0) is 9.47 Å². The molecule has 1 aromatic carbocycles. The molecule has 0 radical (unpaired) electrons. The molecular formula is C13H21N3O4. The molecule has 0 saturated heterocycles. The van der Waals surface area contributed by atoms with Gasteiger partial charge in [0.25, 0.3) is 5.69 Å². The third-order valence-corrected chi connectivity index (χ3v) is 2.90. The van der Waals surface area contributed by atoms with Gasteiger partial charge in [-0.15, -0.1) is 0 Å². The number of nitrogen functional groups attached to an aromatic ring is 1. The van der Waals surface area contributed by atoms with Crippen LogP contribution in [0.1, 0.15) is 6.42 Å². The van der Waals surface area contributed by atoms with Gasteiger partial charge in [-0.25, -0.2) is 0 Å². The number of nitro groups is 1. The second-order valence-corrected chi connectivity index (χ2v) is 4.33. The molecule has 2 N–H and O–H groups in total. The first-order valence-electron chi connectivity index (χ1n) is 6.37. The van der Waals surface area contributed by atoms with Crippen LogP contribution in [0.3, 0.4) is 0 Å². The zero-order valence-corrected chi connectivity index (χ0v) is 11.9. The van der Waals surface area contributed by atoms with Crippen molar-refractivity contribution in [1.29, 1.82) is 0 Å². The van der Waals surface area contributed by atoms with E-state index in [4.69, 9.17) is 15.2 Å². The summed E-state index contributed by atoms with van der Waals surface area (Å²) in [5.41, 5.74) is 7.09. The maximum atomic E-state index is 10.7. The lowest BCUT2D eigenvalue weighted by Crippen LogP contribution is -2.29. The summed E-state index contributed by atoms with van der Waals surface area (Å²) >= 11 is 0. The fourth-order valence-electron chi connectivity index (χ4n) is 1.90. The first-order chi connectivity index (χ1) is 9.60. The van der Waals surface area contributed by atoms with Crippen molar-refractivity contribution < 1.29 is 14.4 Å². The third-order valence-electron chi connectivity index (χ3n) is 2.90. The SMILES string of the molecule is COCCCN(CCOC)c1ccc([N+](=O)[O-])cc1N. The van der Waals surface area contributed by atoms with E-state index >= 15 is 0 Å². The summed E-state index contributed by atoms with van der Waals surface area (Å²) in [7, 11) is 3.28. The Bertz CT molecular complexity index is 440. The number of nitrogens with zero attached hydrogens (tertiary/aromatic N) is 2. The number of non-ortho nitro benzene ring substituents is 1. The monoisotopic (exact) mass is 283 g/mol. The summed E-state index contributed by atoms with van der Waals surface area (Å²) in [4.78, 5) is 12.3. The van der Waals surface area contributed by atoms with Gasteiger partial charge in [-0.1, -0.05) is 0 Å². The van der Waals surface area contributed by atoms with Gasteiger partial charge in [0.2, 0.25) is 0 Å². The van der Waals surface area contributed by atoms with Crippen LogP contribution in [0.15, 0.2) is 18.2 Å². The maximum Gasteiger partial charge on any atom is 0.271 e. The number of hydrogen-bond donors (Lipinski definition) is 1. The molecule has 0 aromatic heterocycles. The molecule has 0 unspecified atom stereocenters. The van der Waals surface area contributed by atoms with Gasteiger partial charge in [-0.3, -0.25) is 10.1 Å². The molecule has 0 amide bonds. The molecule has 0 saturated carbocycles. The van der Waals surface area contributed by atoms with E-state index in [-0.39, 0.29) is 5.69 Å². The molecule has 0 fully saturated rings. The number of ether oxygens (including phenoxy) is 2. The van der Waals surface area contributed by atoms with Gasteiger partial charge in [0, 0.05) is 46.0 Å². The standard InChI is InChI=1S/C13H21N3O4/c1-19-8-3-6-15(7-9-20-2)13-5-4-11(16(17)18)10-12(13)14/h4-5,10H,3,6-9,14H2,1-2H3. The fraction of sp³-hybridized carbons (Fsp3) is 0.538. The van der Waals surface area contributed by atoms with E-state index in [2.05, 4.69) is 0 Å². The maximum absolute atomic E-state index is 10.7. The molecule has 0 heterocycles. The van der Waals surface area contributed by atoms with Crippen LogP contribution in [0.2, 0.25) is 0 Å². The molecule has 0 spiro atoms. The van der Waals surface area contributed by atoms with Crippen LogP contribution >= 0.6 is 0 Å².